The highest BCUT2D eigenvalue weighted by molar-refractivity contribution is 8.00. The van der Waals surface area contributed by atoms with Crippen LogP contribution in [0.1, 0.15) is 18.5 Å². The Balaban J connectivity index is 1.67. The number of fused-ring (bicyclic) bond motifs is 1. The number of nitrogens with one attached hydrogen (secondary N) is 1. The first-order valence-corrected chi connectivity index (χ1v) is 8.90. The smallest absolute Gasteiger partial charge is 0.334 e. The predicted molar refractivity (Wildman–Crippen MR) is 95.3 cm³/mol. The van der Waals surface area contributed by atoms with Crippen LogP contribution in [0.5, 0.6) is 5.75 Å². The molecule has 2 aliphatic heterocycles. The van der Waals surface area contributed by atoms with Crippen molar-refractivity contribution in [1.82, 2.24) is 10.2 Å². The molecular formula is C17H19N3O5S. The number of carboxylic acids is 1. The van der Waals surface area contributed by atoms with Crippen LogP contribution in [0, 0.1) is 0 Å². The zero-order valence-electron chi connectivity index (χ0n) is 14.2. The van der Waals surface area contributed by atoms with Crippen molar-refractivity contribution in [1.29, 1.82) is 0 Å². The lowest BCUT2D eigenvalue weighted by atomic mass is 10.0. The number of nitrogens with zero attached hydrogens (tertiary/aromatic N) is 1. The molecule has 0 spiro atoms. The molecule has 2 heterocycles. The van der Waals surface area contributed by atoms with E-state index in [4.69, 9.17) is 15.6 Å². The molecule has 9 heteroatoms. The molecule has 0 aliphatic carbocycles. The Hall–Kier alpha value is -2.52. The average molecular weight is 377 g/mol. The summed E-state index contributed by atoms with van der Waals surface area (Å²) in [7, 11) is 1.54. The van der Waals surface area contributed by atoms with Crippen molar-refractivity contribution < 1.29 is 24.2 Å². The number of carboxylic acid groups (broad SMARTS) is 1. The van der Waals surface area contributed by atoms with Gasteiger partial charge in [-0.15, -0.1) is 11.8 Å². The Bertz CT molecular complexity index is 779. The topological polar surface area (TPSA) is 122 Å². The number of methoxy groups -OCH3 is 1. The minimum atomic E-state index is -1.05. The van der Waals surface area contributed by atoms with Gasteiger partial charge in [0.25, 0.3) is 5.91 Å². The van der Waals surface area contributed by atoms with Crippen LogP contribution in [0.4, 0.5) is 0 Å². The molecule has 26 heavy (non-hydrogen) atoms. The molecule has 2 amide bonds. The van der Waals surface area contributed by atoms with Gasteiger partial charge in [-0.05, 0) is 24.6 Å². The number of nitrogens with two attached hydrogens (primary N) is 1. The maximum atomic E-state index is 12.4. The van der Waals surface area contributed by atoms with Gasteiger partial charge in [0, 0.05) is 11.4 Å². The summed E-state index contributed by atoms with van der Waals surface area (Å²) in [5.41, 5.74) is 6.75. The van der Waals surface area contributed by atoms with Crippen LogP contribution in [0.15, 0.2) is 36.0 Å². The summed E-state index contributed by atoms with van der Waals surface area (Å²) in [6.45, 7) is 1.76. The lowest BCUT2D eigenvalue weighted by Gasteiger charge is -2.48. The molecule has 0 saturated carbocycles. The lowest BCUT2D eigenvalue weighted by molar-refractivity contribution is -0.145. The first-order chi connectivity index (χ1) is 12.3. The van der Waals surface area contributed by atoms with E-state index in [-0.39, 0.29) is 22.1 Å². The van der Waals surface area contributed by atoms with Gasteiger partial charge >= 0.3 is 5.97 Å². The van der Waals surface area contributed by atoms with Gasteiger partial charge in [-0.2, -0.15) is 0 Å². The number of benzene rings is 1. The van der Waals surface area contributed by atoms with E-state index in [0.717, 1.165) is 0 Å². The molecular weight excluding hydrogens is 358 g/mol. The molecule has 1 aromatic carbocycles. The van der Waals surface area contributed by atoms with E-state index in [1.165, 1.54) is 22.9 Å². The van der Waals surface area contributed by atoms with Gasteiger partial charge in [0.1, 0.15) is 23.2 Å². The van der Waals surface area contributed by atoms with Crippen LogP contribution in [0.3, 0.4) is 0 Å². The van der Waals surface area contributed by atoms with Crippen LogP contribution in [0.2, 0.25) is 0 Å². The Labute approximate surface area is 154 Å². The minimum absolute atomic E-state index is 0.166. The van der Waals surface area contributed by atoms with E-state index in [1.807, 2.05) is 0 Å². The van der Waals surface area contributed by atoms with E-state index >= 15 is 0 Å². The summed E-state index contributed by atoms with van der Waals surface area (Å²) in [6.07, 6.45) is 1.35. The number of rotatable bonds is 5. The van der Waals surface area contributed by atoms with Crippen molar-refractivity contribution in [3.8, 4) is 5.75 Å². The van der Waals surface area contributed by atoms with Gasteiger partial charge < -0.3 is 25.8 Å². The first-order valence-electron chi connectivity index (χ1n) is 7.96. The van der Waals surface area contributed by atoms with Gasteiger partial charge in [-0.3, -0.25) is 9.59 Å². The summed E-state index contributed by atoms with van der Waals surface area (Å²) in [5.74, 6) is -1.21. The van der Waals surface area contributed by atoms with Crippen LogP contribution in [-0.4, -0.2) is 51.6 Å². The number of carbonyl (C=O) groups excluding carboxylic acids is 2. The van der Waals surface area contributed by atoms with E-state index in [2.05, 4.69) is 5.32 Å². The fourth-order valence-corrected chi connectivity index (χ4v) is 4.24. The highest BCUT2D eigenvalue weighted by Gasteiger charge is 2.51. The number of thioether (sulfide) groups is 1. The molecule has 3 unspecified atom stereocenters. The summed E-state index contributed by atoms with van der Waals surface area (Å²) in [5, 5.41) is 11.2. The number of β-lactam (4-membered cyclic amide) rings is 1. The Morgan fingerprint density at radius 1 is 1.35 bits per heavy atom. The Kier molecular flexibility index (Phi) is 4.92. The molecule has 0 radical (unpaired) electrons. The number of hydrogen-bond acceptors (Lipinski definition) is 6. The van der Waals surface area contributed by atoms with Crippen LogP contribution in [-0.2, 0) is 14.4 Å². The molecule has 2 aliphatic rings. The predicted octanol–water partition coefficient (Wildman–Crippen LogP) is 0.452. The monoisotopic (exact) mass is 377 g/mol. The molecule has 138 valence electrons. The van der Waals surface area contributed by atoms with Gasteiger partial charge in [0.15, 0.2) is 0 Å². The summed E-state index contributed by atoms with van der Waals surface area (Å²) < 4.78 is 5.07. The van der Waals surface area contributed by atoms with Crippen molar-refractivity contribution in [2.24, 2.45) is 5.73 Å². The highest BCUT2D eigenvalue weighted by atomic mass is 32.2. The maximum Gasteiger partial charge on any atom is 0.334 e. The average Bonchev–Trinajstić information content (AvgIpc) is 2.64. The second kappa shape index (κ2) is 7.00. The third kappa shape index (κ3) is 3.15. The third-order valence-electron chi connectivity index (χ3n) is 4.44. The molecule has 4 atom stereocenters. The van der Waals surface area contributed by atoms with Crippen molar-refractivity contribution in [2.45, 2.75) is 29.6 Å². The van der Waals surface area contributed by atoms with Crippen molar-refractivity contribution in [3.63, 3.8) is 0 Å². The van der Waals surface area contributed by atoms with Gasteiger partial charge in [-0.25, -0.2) is 4.79 Å². The van der Waals surface area contributed by atoms with Gasteiger partial charge in [0.05, 0.1) is 12.7 Å². The van der Waals surface area contributed by atoms with E-state index in [1.54, 1.807) is 38.3 Å². The van der Waals surface area contributed by atoms with Crippen molar-refractivity contribution in [2.75, 3.05) is 7.11 Å². The summed E-state index contributed by atoms with van der Waals surface area (Å²) in [4.78, 5) is 37.2. The fraction of sp³-hybridized carbons (Fsp3) is 0.353. The molecule has 1 saturated heterocycles. The number of hydrogen-bond donors (Lipinski definition) is 3. The molecule has 0 aromatic heterocycles. The fourth-order valence-electron chi connectivity index (χ4n) is 2.87. The minimum Gasteiger partial charge on any atom is -0.497 e. The second-order valence-corrected chi connectivity index (χ2v) is 7.50. The zero-order valence-corrected chi connectivity index (χ0v) is 15.0. The standard InChI is InChI=1S/C17H19N3O5S/c1-8-11(17(23)24)7-20-15(22)13(16(20)26-8)19-14(21)12(18)9-3-5-10(25-2)6-4-9/h3-8,12-13,16H,18H2,1-2H3,(H,19,21)(H,23,24)/t8?,12?,13?,16-/m1/s1. The normalized spacial score (nSPS) is 25.5. The SMILES string of the molecule is COc1ccc(C(N)C(=O)NC2C(=O)N3C=C(C(=O)O)C(C)S[C@H]23)cc1. The largest absolute Gasteiger partial charge is 0.497 e. The maximum absolute atomic E-state index is 12.4. The Morgan fingerprint density at radius 3 is 2.58 bits per heavy atom. The summed E-state index contributed by atoms with van der Waals surface area (Å²) in [6, 6.07) is 5.16. The van der Waals surface area contributed by atoms with E-state index in [0.29, 0.717) is 11.3 Å². The number of carbonyl (C=O) groups is 3. The second-order valence-electron chi connectivity index (χ2n) is 6.04. The molecule has 8 nitrogen and oxygen atoms in total. The third-order valence-corrected chi connectivity index (χ3v) is 5.88. The molecule has 3 rings (SSSR count). The molecule has 0 bridgehead atoms. The lowest BCUT2D eigenvalue weighted by Crippen LogP contribution is -2.69. The van der Waals surface area contributed by atoms with Crippen LogP contribution >= 0.6 is 11.8 Å². The molecule has 1 fully saturated rings. The van der Waals surface area contributed by atoms with Gasteiger partial charge in [-0.1, -0.05) is 12.1 Å². The molecule has 1 aromatic rings. The quantitative estimate of drug-likeness (QED) is 0.637. The van der Waals surface area contributed by atoms with Gasteiger partial charge in [0.2, 0.25) is 5.91 Å². The van der Waals surface area contributed by atoms with Crippen LogP contribution < -0.4 is 15.8 Å². The first kappa shape index (κ1) is 18.3. The van der Waals surface area contributed by atoms with Crippen molar-refractivity contribution >= 4 is 29.5 Å². The highest BCUT2D eigenvalue weighted by Crippen LogP contribution is 2.40. The number of amides is 2. The molecule has 4 N–H and O–H groups in total. The number of ether oxygens (including phenoxy) is 1. The summed E-state index contributed by atoms with van der Waals surface area (Å²) >= 11 is 1.32. The Morgan fingerprint density at radius 2 is 2.00 bits per heavy atom. The van der Waals surface area contributed by atoms with Crippen molar-refractivity contribution in [3.05, 3.63) is 41.6 Å². The zero-order chi connectivity index (χ0) is 19.0. The van der Waals surface area contributed by atoms with E-state index in [9.17, 15) is 14.4 Å². The van der Waals surface area contributed by atoms with E-state index < -0.39 is 24.0 Å². The van der Waals surface area contributed by atoms with Crippen LogP contribution in [0.25, 0.3) is 0 Å². The number of aliphatic carboxylic acids is 1.